The molecule has 0 aromatic heterocycles. The summed E-state index contributed by atoms with van der Waals surface area (Å²) >= 11 is 0. The molecule has 3 rings (SSSR count). The number of halogens is 1. The second kappa shape index (κ2) is 7.91. The van der Waals surface area contributed by atoms with Crippen LogP contribution in [0.4, 0.5) is 0 Å². The Balaban J connectivity index is 0.00000208. The molecule has 130 valence electrons. The van der Waals surface area contributed by atoms with Gasteiger partial charge in [-0.25, -0.2) is 0 Å². The number of methoxy groups -OCH3 is 2. The zero-order valence-corrected chi connectivity index (χ0v) is 15.7. The van der Waals surface area contributed by atoms with Crippen molar-refractivity contribution in [3.63, 3.8) is 0 Å². The molecule has 3 nitrogen and oxygen atoms in total. The van der Waals surface area contributed by atoms with Crippen molar-refractivity contribution in [2.24, 2.45) is 0 Å². The Morgan fingerprint density at radius 2 is 1.79 bits per heavy atom. The van der Waals surface area contributed by atoms with Gasteiger partial charge in [0.15, 0.2) is 11.5 Å². The number of rotatable bonds is 3. The third-order valence-electron chi connectivity index (χ3n) is 4.89. The van der Waals surface area contributed by atoms with Gasteiger partial charge in [0.25, 0.3) is 0 Å². The maximum atomic E-state index is 5.60. The highest BCUT2D eigenvalue weighted by Crippen LogP contribution is 2.41. The molecule has 0 aliphatic carbocycles. The molecule has 0 radical (unpaired) electrons. The second-order valence-electron chi connectivity index (χ2n) is 6.28. The normalized spacial score (nSPS) is 17.4. The lowest BCUT2D eigenvalue weighted by molar-refractivity contribution is 0.338. The van der Waals surface area contributed by atoms with Crippen molar-refractivity contribution >= 4 is 12.4 Å². The van der Waals surface area contributed by atoms with Gasteiger partial charge < -0.3 is 14.4 Å². The van der Waals surface area contributed by atoms with E-state index in [0.717, 1.165) is 31.0 Å². The number of likely N-dealkylation sites (N-methyl/N-ethyl adjacent to an activating group) is 1. The predicted molar refractivity (Wildman–Crippen MR) is 101 cm³/mol. The molecule has 1 aliphatic rings. The SMILES string of the molecule is COc1cc2c(c(C)c1OC)CCN(C)CC2c1ccccc1.Cl. The van der Waals surface area contributed by atoms with E-state index in [4.69, 9.17) is 9.47 Å². The number of ether oxygens (including phenoxy) is 2. The molecule has 1 aliphatic heterocycles. The van der Waals surface area contributed by atoms with E-state index in [0.29, 0.717) is 5.92 Å². The average molecular weight is 348 g/mol. The van der Waals surface area contributed by atoms with Crippen molar-refractivity contribution in [3.05, 3.63) is 58.7 Å². The largest absolute Gasteiger partial charge is 0.493 e. The lowest BCUT2D eigenvalue weighted by Gasteiger charge is -2.24. The Labute approximate surface area is 151 Å². The molecule has 2 aromatic rings. The van der Waals surface area contributed by atoms with Gasteiger partial charge in [0.1, 0.15) is 0 Å². The van der Waals surface area contributed by atoms with Gasteiger partial charge >= 0.3 is 0 Å². The third-order valence-corrected chi connectivity index (χ3v) is 4.89. The second-order valence-corrected chi connectivity index (χ2v) is 6.28. The molecule has 0 fully saturated rings. The summed E-state index contributed by atoms with van der Waals surface area (Å²) in [7, 11) is 5.63. The van der Waals surface area contributed by atoms with Crippen molar-refractivity contribution in [1.82, 2.24) is 4.90 Å². The number of hydrogen-bond donors (Lipinski definition) is 0. The average Bonchev–Trinajstić information content (AvgIpc) is 2.75. The Kier molecular flexibility index (Phi) is 6.14. The van der Waals surface area contributed by atoms with E-state index in [2.05, 4.69) is 55.3 Å². The quantitative estimate of drug-likeness (QED) is 0.836. The van der Waals surface area contributed by atoms with Gasteiger partial charge in [0.2, 0.25) is 0 Å². The van der Waals surface area contributed by atoms with E-state index >= 15 is 0 Å². The first-order valence-electron chi connectivity index (χ1n) is 8.13. The van der Waals surface area contributed by atoms with Crippen LogP contribution in [0.15, 0.2) is 36.4 Å². The fraction of sp³-hybridized carbons (Fsp3) is 0.400. The third kappa shape index (κ3) is 3.38. The Morgan fingerprint density at radius 3 is 2.42 bits per heavy atom. The maximum Gasteiger partial charge on any atom is 0.163 e. The molecule has 24 heavy (non-hydrogen) atoms. The minimum Gasteiger partial charge on any atom is -0.493 e. The molecular weight excluding hydrogens is 322 g/mol. The monoisotopic (exact) mass is 347 g/mol. The van der Waals surface area contributed by atoms with Gasteiger partial charge in [-0.2, -0.15) is 0 Å². The molecule has 0 saturated heterocycles. The maximum absolute atomic E-state index is 5.60. The van der Waals surface area contributed by atoms with Crippen LogP contribution >= 0.6 is 12.4 Å². The van der Waals surface area contributed by atoms with Crippen molar-refractivity contribution in [1.29, 1.82) is 0 Å². The zero-order valence-electron chi connectivity index (χ0n) is 14.8. The fourth-order valence-electron chi connectivity index (χ4n) is 3.65. The lowest BCUT2D eigenvalue weighted by Crippen LogP contribution is -2.24. The smallest absolute Gasteiger partial charge is 0.163 e. The summed E-state index contributed by atoms with van der Waals surface area (Å²) in [5, 5.41) is 0. The lowest BCUT2D eigenvalue weighted by atomic mass is 9.85. The van der Waals surface area contributed by atoms with Crippen LogP contribution in [0.2, 0.25) is 0 Å². The molecule has 0 spiro atoms. The summed E-state index contributed by atoms with van der Waals surface area (Å²) < 4.78 is 11.2. The van der Waals surface area contributed by atoms with Gasteiger partial charge in [0.05, 0.1) is 14.2 Å². The highest BCUT2D eigenvalue weighted by molar-refractivity contribution is 5.85. The fourth-order valence-corrected chi connectivity index (χ4v) is 3.65. The standard InChI is InChI=1S/C20H25NO2.ClH/c1-14-16-10-11-21(2)13-18(15-8-6-5-7-9-15)17(16)12-19(22-3)20(14)23-4;/h5-9,12,18H,10-11,13H2,1-4H3;1H. The minimum absolute atomic E-state index is 0. The van der Waals surface area contributed by atoms with E-state index in [9.17, 15) is 0 Å². The van der Waals surface area contributed by atoms with Crippen LogP contribution in [0, 0.1) is 6.92 Å². The Bertz CT molecular complexity index is 688. The molecule has 1 unspecified atom stereocenters. The molecular formula is C20H26ClNO2. The van der Waals surface area contributed by atoms with Gasteiger partial charge in [-0.3, -0.25) is 0 Å². The van der Waals surface area contributed by atoms with Crippen LogP contribution in [0.1, 0.15) is 28.2 Å². The van der Waals surface area contributed by atoms with Crippen molar-refractivity contribution in [2.45, 2.75) is 19.3 Å². The number of fused-ring (bicyclic) bond motifs is 1. The Morgan fingerprint density at radius 1 is 1.08 bits per heavy atom. The van der Waals surface area contributed by atoms with Crippen LogP contribution in [0.25, 0.3) is 0 Å². The van der Waals surface area contributed by atoms with Gasteiger partial charge in [0, 0.05) is 19.0 Å². The first kappa shape index (κ1) is 18.6. The summed E-state index contributed by atoms with van der Waals surface area (Å²) in [6.45, 7) is 4.23. The zero-order chi connectivity index (χ0) is 16.4. The summed E-state index contributed by atoms with van der Waals surface area (Å²) in [5.74, 6) is 2.05. The molecule has 1 heterocycles. The minimum atomic E-state index is 0. The highest BCUT2D eigenvalue weighted by atomic mass is 35.5. The molecule has 0 N–H and O–H groups in total. The van der Waals surface area contributed by atoms with E-state index in [1.165, 1.54) is 22.3 Å². The highest BCUT2D eigenvalue weighted by Gasteiger charge is 2.27. The number of benzene rings is 2. The first-order valence-corrected chi connectivity index (χ1v) is 8.13. The van der Waals surface area contributed by atoms with Crippen LogP contribution in [0.5, 0.6) is 11.5 Å². The van der Waals surface area contributed by atoms with E-state index in [1.54, 1.807) is 14.2 Å². The summed E-state index contributed by atoms with van der Waals surface area (Å²) in [6.07, 6.45) is 1.04. The van der Waals surface area contributed by atoms with Crippen LogP contribution in [-0.4, -0.2) is 39.3 Å². The van der Waals surface area contributed by atoms with Crippen molar-refractivity contribution in [2.75, 3.05) is 34.4 Å². The number of hydrogen-bond acceptors (Lipinski definition) is 3. The topological polar surface area (TPSA) is 21.7 Å². The van der Waals surface area contributed by atoms with Crippen LogP contribution in [0.3, 0.4) is 0 Å². The molecule has 1 atom stereocenters. The molecule has 0 bridgehead atoms. The predicted octanol–water partition coefficient (Wildman–Crippen LogP) is 4.05. The van der Waals surface area contributed by atoms with E-state index < -0.39 is 0 Å². The van der Waals surface area contributed by atoms with Crippen LogP contribution in [-0.2, 0) is 6.42 Å². The van der Waals surface area contributed by atoms with Gasteiger partial charge in [-0.05, 0) is 48.7 Å². The van der Waals surface area contributed by atoms with Gasteiger partial charge in [-0.1, -0.05) is 30.3 Å². The number of nitrogens with zero attached hydrogens (tertiary/aromatic N) is 1. The Hall–Kier alpha value is -1.71. The molecule has 0 amide bonds. The van der Waals surface area contributed by atoms with Crippen molar-refractivity contribution < 1.29 is 9.47 Å². The van der Waals surface area contributed by atoms with Crippen LogP contribution < -0.4 is 9.47 Å². The summed E-state index contributed by atoms with van der Waals surface area (Å²) in [6, 6.07) is 12.9. The molecule has 4 heteroatoms. The molecule has 0 saturated carbocycles. The van der Waals surface area contributed by atoms with E-state index in [-0.39, 0.29) is 12.4 Å². The van der Waals surface area contributed by atoms with Crippen molar-refractivity contribution in [3.8, 4) is 11.5 Å². The first-order chi connectivity index (χ1) is 11.2. The van der Waals surface area contributed by atoms with Gasteiger partial charge in [-0.15, -0.1) is 12.4 Å². The summed E-state index contributed by atoms with van der Waals surface area (Å²) in [4.78, 5) is 2.41. The summed E-state index contributed by atoms with van der Waals surface area (Å²) in [5.41, 5.74) is 5.34. The molecule has 2 aromatic carbocycles. The van der Waals surface area contributed by atoms with E-state index in [1.807, 2.05) is 0 Å².